The maximum atomic E-state index is 10.5. The SMILES string of the molecule is CC1=CC=CCN1CCCS(=O)(=O)O. The van der Waals surface area contributed by atoms with Gasteiger partial charge in [-0.05, 0) is 19.4 Å². The van der Waals surface area contributed by atoms with Crippen molar-refractivity contribution in [3.63, 3.8) is 0 Å². The zero-order valence-corrected chi connectivity index (χ0v) is 9.00. The van der Waals surface area contributed by atoms with Gasteiger partial charge < -0.3 is 4.90 Å². The third-order valence-corrected chi connectivity index (χ3v) is 2.93. The monoisotopic (exact) mass is 217 g/mol. The highest BCUT2D eigenvalue weighted by molar-refractivity contribution is 7.85. The summed E-state index contributed by atoms with van der Waals surface area (Å²) < 4.78 is 29.5. The Bertz CT molecular complexity index is 343. The molecule has 0 spiro atoms. The van der Waals surface area contributed by atoms with Gasteiger partial charge in [-0.3, -0.25) is 4.55 Å². The van der Waals surface area contributed by atoms with Gasteiger partial charge in [-0.1, -0.05) is 12.2 Å². The van der Waals surface area contributed by atoms with Crippen LogP contribution in [-0.4, -0.2) is 36.7 Å². The van der Waals surface area contributed by atoms with Crippen LogP contribution < -0.4 is 0 Å². The number of nitrogens with zero attached hydrogens (tertiary/aromatic N) is 1. The first-order valence-electron chi connectivity index (χ1n) is 4.52. The van der Waals surface area contributed by atoms with Crippen LogP contribution in [0.2, 0.25) is 0 Å². The average molecular weight is 217 g/mol. The van der Waals surface area contributed by atoms with Gasteiger partial charge in [0.2, 0.25) is 0 Å². The van der Waals surface area contributed by atoms with Crippen molar-refractivity contribution in [2.45, 2.75) is 13.3 Å². The van der Waals surface area contributed by atoms with Crippen LogP contribution in [0.3, 0.4) is 0 Å². The summed E-state index contributed by atoms with van der Waals surface area (Å²) >= 11 is 0. The molecule has 4 nitrogen and oxygen atoms in total. The minimum absolute atomic E-state index is 0.166. The lowest BCUT2D eigenvalue weighted by Crippen LogP contribution is -2.26. The van der Waals surface area contributed by atoms with E-state index in [4.69, 9.17) is 4.55 Å². The first-order chi connectivity index (χ1) is 6.49. The van der Waals surface area contributed by atoms with Crippen LogP contribution in [0.15, 0.2) is 23.9 Å². The maximum absolute atomic E-state index is 10.5. The normalized spacial score (nSPS) is 17.0. The van der Waals surface area contributed by atoms with Crippen molar-refractivity contribution >= 4 is 10.1 Å². The number of allylic oxidation sites excluding steroid dienone is 3. The van der Waals surface area contributed by atoms with E-state index in [1.165, 1.54) is 0 Å². The second-order valence-corrected chi connectivity index (χ2v) is 4.89. The molecule has 0 amide bonds. The van der Waals surface area contributed by atoms with Gasteiger partial charge in [-0.2, -0.15) is 8.42 Å². The van der Waals surface area contributed by atoms with E-state index in [-0.39, 0.29) is 5.75 Å². The summed E-state index contributed by atoms with van der Waals surface area (Å²) in [6.45, 7) is 3.46. The quantitative estimate of drug-likeness (QED) is 0.715. The Morgan fingerprint density at radius 3 is 2.86 bits per heavy atom. The molecule has 0 aliphatic carbocycles. The molecule has 0 bridgehead atoms. The van der Waals surface area contributed by atoms with E-state index in [2.05, 4.69) is 4.90 Å². The Hall–Kier alpha value is -0.810. The molecule has 0 atom stereocenters. The highest BCUT2D eigenvalue weighted by Crippen LogP contribution is 2.09. The Morgan fingerprint density at radius 1 is 1.57 bits per heavy atom. The van der Waals surface area contributed by atoms with Crippen molar-refractivity contribution in [2.75, 3.05) is 18.8 Å². The molecule has 0 saturated heterocycles. The summed E-state index contributed by atoms with van der Waals surface area (Å²) in [6, 6.07) is 0. The van der Waals surface area contributed by atoms with Crippen LogP contribution in [0.1, 0.15) is 13.3 Å². The second-order valence-electron chi connectivity index (χ2n) is 3.32. The summed E-state index contributed by atoms with van der Waals surface area (Å²) in [5, 5.41) is 0. The van der Waals surface area contributed by atoms with Gasteiger partial charge in [0.25, 0.3) is 10.1 Å². The third-order valence-electron chi connectivity index (χ3n) is 2.13. The topological polar surface area (TPSA) is 57.6 Å². The van der Waals surface area contributed by atoms with Crippen LogP contribution in [0.4, 0.5) is 0 Å². The number of rotatable bonds is 4. The fraction of sp³-hybridized carbons (Fsp3) is 0.556. The molecule has 0 fully saturated rings. The van der Waals surface area contributed by atoms with Crippen molar-refractivity contribution in [2.24, 2.45) is 0 Å². The van der Waals surface area contributed by atoms with Crippen LogP contribution in [0.25, 0.3) is 0 Å². The zero-order valence-electron chi connectivity index (χ0n) is 8.18. The smallest absolute Gasteiger partial charge is 0.264 e. The van der Waals surface area contributed by atoms with Crippen molar-refractivity contribution in [1.29, 1.82) is 0 Å². The molecule has 1 N–H and O–H groups in total. The summed E-state index contributed by atoms with van der Waals surface area (Å²) in [7, 11) is -3.81. The number of hydrogen-bond acceptors (Lipinski definition) is 3. The second kappa shape index (κ2) is 4.61. The van der Waals surface area contributed by atoms with Crippen molar-refractivity contribution in [3.8, 4) is 0 Å². The summed E-state index contributed by atoms with van der Waals surface area (Å²) in [4.78, 5) is 2.07. The van der Waals surface area contributed by atoms with Gasteiger partial charge in [0.1, 0.15) is 0 Å². The molecule has 14 heavy (non-hydrogen) atoms. The predicted octanol–water partition coefficient (Wildman–Crippen LogP) is 1.04. The predicted molar refractivity (Wildman–Crippen MR) is 55.5 cm³/mol. The number of hydrogen-bond donors (Lipinski definition) is 1. The van der Waals surface area contributed by atoms with Crippen LogP contribution >= 0.6 is 0 Å². The molecular formula is C9H15NO3S. The highest BCUT2D eigenvalue weighted by atomic mass is 32.2. The zero-order chi connectivity index (χ0) is 10.6. The summed E-state index contributed by atoms with van der Waals surface area (Å²) in [6.07, 6.45) is 6.43. The lowest BCUT2D eigenvalue weighted by atomic mass is 10.2. The van der Waals surface area contributed by atoms with Gasteiger partial charge in [0, 0.05) is 18.8 Å². The van der Waals surface area contributed by atoms with E-state index in [0.717, 1.165) is 12.2 Å². The van der Waals surface area contributed by atoms with Gasteiger partial charge in [0.15, 0.2) is 0 Å². The molecule has 0 unspecified atom stereocenters. The van der Waals surface area contributed by atoms with Gasteiger partial charge >= 0.3 is 0 Å². The van der Waals surface area contributed by atoms with Crippen molar-refractivity contribution < 1.29 is 13.0 Å². The lowest BCUT2D eigenvalue weighted by molar-refractivity contribution is 0.374. The van der Waals surface area contributed by atoms with Crippen molar-refractivity contribution in [3.05, 3.63) is 23.9 Å². The van der Waals surface area contributed by atoms with E-state index in [0.29, 0.717) is 13.0 Å². The van der Waals surface area contributed by atoms with Gasteiger partial charge in [-0.15, -0.1) is 0 Å². The molecule has 0 aromatic heterocycles. The Balaban J connectivity index is 2.33. The molecule has 1 heterocycles. The molecule has 0 saturated carbocycles. The summed E-state index contributed by atoms with van der Waals surface area (Å²) in [5.41, 5.74) is 1.13. The lowest BCUT2D eigenvalue weighted by Gasteiger charge is -2.25. The minimum atomic E-state index is -3.81. The first kappa shape index (κ1) is 11.3. The Labute approximate surface area is 84.7 Å². The van der Waals surface area contributed by atoms with Gasteiger partial charge in [-0.25, -0.2) is 0 Å². The van der Waals surface area contributed by atoms with E-state index in [1.807, 2.05) is 25.2 Å². The molecule has 0 aromatic rings. The summed E-state index contributed by atoms with van der Waals surface area (Å²) in [5.74, 6) is -0.166. The van der Waals surface area contributed by atoms with Crippen LogP contribution in [-0.2, 0) is 10.1 Å². The molecule has 1 aliphatic rings. The standard InChI is InChI=1S/C9H15NO3S/c1-9-5-2-3-6-10(9)7-4-8-14(11,12)13/h2-3,5H,4,6-8H2,1H3,(H,11,12,13). The maximum Gasteiger partial charge on any atom is 0.264 e. The van der Waals surface area contributed by atoms with Gasteiger partial charge in [0.05, 0.1) is 5.75 Å². The van der Waals surface area contributed by atoms with Crippen LogP contribution in [0.5, 0.6) is 0 Å². The minimum Gasteiger partial charge on any atom is -0.371 e. The van der Waals surface area contributed by atoms with E-state index in [9.17, 15) is 8.42 Å². The molecule has 5 heteroatoms. The molecule has 1 aliphatic heterocycles. The van der Waals surface area contributed by atoms with E-state index < -0.39 is 10.1 Å². The molecule has 1 rings (SSSR count). The molecular weight excluding hydrogens is 202 g/mol. The van der Waals surface area contributed by atoms with Crippen LogP contribution in [0, 0.1) is 0 Å². The third kappa shape index (κ3) is 3.93. The average Bonchev–Trinajstić information content (AvgIpc) is 2.06. The van der Waals surface area contributed by atoms with Crippen molar-refractivity contribution in [1.82, 2.24) is 4.90 Å². The van der Waals surface area contributed by atoms with E-state index in [1.54, 1.807) is 0 Å². The highest BCUT2D eigenvalue weighted by Gasteiger charge is 2.09. The Morgan fingerprint density at radius 2 is 2.29 bits per heavy atom. The van der Waals surface area contributed by atoms with E-state index >= 15 is 0 Å². The molecule has 0 aromatic carbocycles. The Kier molecular flexibility index (Phi) is 3.71. The fourth-order valence-electron chi connectivity index (χ4n) is 1.35. The molecule has 0 radical (unpaired) electrons. The molecule has 80 valence electrons. The fourth-order valence-corrected chi connectivity index (χ4v) is 1.84. The first-order valence-corrected chi connectivity index (χ1v) is 6.13. The largest absolute Gasteiger partial charge is 0.371 e.